The number of piperidine rings is 1. The third kappa shape index (κ3) is 4.17. The molecule has 1 fully saturated rings. The molecule has 1 aromatic carbocycles. The highest BCUT2D eigenvalue weighted by molar-refractivity contribution is 6.30. The van der Waals surface area contributed by atoms with E-state index in [-0.39, 0.29) is 5.02 Å². The summed E-state index contributed by atoms with van der Waals surface area (Å²) in [5.41, 5.74) is 0.787. The zero-order valence-electron chi connectivity index (χ0n) is 12.9. The molecule has 25 heavy (non-hydrogen) atoms. The number of amides is 1. The minimum atomic E-state index is -4.65. The van der Waals surface area contributed by atoms with E-state index in [0.717, 1.165) is 12.1 Å². The molecule has 2 heterocycles. The second-order valence-corrected chi connectivity index (χ2v) is 6.17. The van der Waals surface area contributed by atoms with E-state index in [1.807, 2.05) is 6.08 Å². The Hall–Kier alpha value is -1.97. The van der Waals surface area contributed by atoms with Crippen LogP contribution in [0.25, 0.3) is 0 Å². The summed E-state index contributed by atoms with van der Waals surface area (Å²) >= 11 is 5.60. The van der Waals surface area contributed by atoms with E-state index in [4.69, 9.17) is 21.3 Å². The quantitative estimate of drug-likeness (QED) is 0.822. The number of alkyl halides is 3. The Morgan fingerprint density at radius 2 is 2.08 bits per heavy atom. The highest BCUT2D eigenvalue weighted by Gasteiger charge is 2.38. The fourth-order valence-electron chi connectivity index (χ4n) is 2.71. The zero-order valence-corrected chi connectivity index (χ0v) is 13.7. The van der Waals surface area contributed by atoms with Crippen molar-refractivity contribution in [3.8, 4) is 0 Å². The molecule has 1 amide bonds. The summed E-state index contributed by atoms with van der Waals surface area (Å²) in [6, 6.07) is 3.09. The lowest BCUT2D eigenvalue weighted by atomic mass is 9.93. The van der Waals surface area contributed by atoms with Gasteiger partial charge in [-0.25, -0.2) is 4.79 Å². The molecule has 0 aromatic heterocycles. The lowest BCUT2D eigenvalue weighted by Gasteiger charge is -2.35. The number of nitrogens with one attached hydrogen (secondary N) is 2. The van der Waals surface area contributed by atoms with Crippen LogP contribution in [0.1, 0.15) is 18.4 Å². The van der Waals surface area contributed by atoms with Gasteiger partial charge in [0.25, 0.3) is 0 Å². The van der Waals surface area contributed by atoms with E-state index in [9.17, 15) is 18.0 Å². The molecule has 2 N–H and O–H groups in total. The van der Waals surface area contributed by atoms with Crippen molar-refractivity contribution in [2.45, 2.75) is 24.6 Å². The Morgan fingerprint density at radius 1 is 1.36 bits per heavy atom. The largest absolute Gasteiger partial charge is 0.430 e. The Balaban J connectivity index is 1.59. The zero-order chi connectivity index (χ0) is 18.1. The average molecular weight is 378 g/mol. The maximum absolute atomic E-state index is 13.0. The lowest BCUT2D eigenvalue weighted by Crippen LogP contribution is -2.45. The van der Waals surface area contributed by atoms with Gasteiger partial charge in [-0.1, -0.05) is 11.6 Å². The smallest absolute Gasteiger partial charge is 0.351 e. The molecule has 3 rings (SSSR count). The van der Waals surface area contributed by atoms with Crippen molar-refractivity contribution in [3.05, 3.63) is 41.1 Å². The van der Waals surface area contributed by atoms with Gasteiger partial charge in [-0.15, -0.1) is 5.06 Å². The minimum Gasteiger partial charge on any atom is -0.351 e. The van der Waals surface area contributed by atoms with E-state index in [0.29, 0.717) is 25.9 Å². The fourth-order valence-corrected chi connectivity index (χ4v) is 2.88. The first-order chi connectivity index (χ1) is 11.8. The molecule has 0 radical (unpaired) electrons. The van der Waals surface area contributed by atoms with Gasteiger partial charge in [-0.3, -0.25) is 15.6 Å². The lowest BCUT2D eigenvalue weighted by molar-refractivity contribution is -0.154. The molecule has 0 bridgehead atoms. The van der Waals surface area contributed by atoms with Gasteiger partial charge in [0.15, 0.2) is 0 Å². The molecule has 2 aliphatic heterocycles. The predicted octanol–water partition coefficient (Wildman–Crippen LogP) is 3.71. The van der Waals surface area contributed by atoms with Crippen molar-refractivity contribution < 1.29 is 27.6 Å². The van der Waals surface area contributed by atoms with Crippen LogP contribution in [0.3, 0.4) is 0 Å². The first-order valence-corrected chi connectivity index (χ1v) is 7.87. The number of hydrogen-bond acceptors (Lipinski definition) is 5. The topological polar surface area (TPSA) is 62.8 Å². The van der Waals surface area contributed by atoms with E-state index in [1.165, 1.54) is 11.1 Å². The molecular weight excluding hydrogens is 363 g/mol. The number of halogens is 4. The number of carbonyl (C=O) groups excluding carboxylic acids is 1. The maximum Gasteiger partial charge on any atom is 0.430 e. The van der Waals surface area contributed by atoms with Crippen LogP contribution in [-0.4, -0.2) is 29.8 Å². The van der Waals surface area contributed by atoms with Crippen LogP contribution in [0.4, 0.5) is 23.7 Å². The second-order valence-electron chi connectivity index (χ2n) is 5.74. The van der Waals surface area contributed by atoms with E-state index in [2.05, 4.69) is 10.8 Å². The van der Waals surface area contributed by atoms with Crippen LogP contribution in [0.5, 0.6) is 0 Å². The number of hydrogen-bond donors (Lipinski definition) is 2. The Bertz CT molecular complexity index is 688. The molecule has 1 saturated heterocycles. The van der Waals surface area contributed by atoms with Crippen LogP contribution in [0.15, 0.2) is 30.5 Å². The van der Waals surface area contributed by atoms with Gasteiger partial charge in [0.1, 0.15) is 5.60 Å². The molecule has 2 aliphatic rings. The maximum atomic E-state index is 13.0. The first-order valence-electron chi connectivity index (χ1n) is 7.49. The van der Waals surface area contributed by atoms with Gasteiger partial charge in [-0.05, 0) is 37.1 Å². The summed E-state index contributed by atoms with van der Waals surface area (Å²) in [7, 11) is 0. The SMILES string of the molecule is O=C(Nc1ccc(Cl)cc1C(F)(F)F)ON1CCC2(C=CNO2)CC1. The van der Waals surface area contributed by atoms with Crippen LogP contribution in [0, 0.1) is 0 Å². The van der Waals surface area contributed by atoms with Crippen molar-refractivity contribution >= 4 is 23.4 Å². The van der Waals surface area contributed by atoms with Gasteiger partial charge in [0.05, 0.1) is 11.3 Å². The average Bonchev–Trinajstić information content (AvgIpc) is 2.99. The molecule has 0 saturated carbocycles. The number of rotatable bonds is 2. The number of hydroxylamine groups is 3. The number of benzene rings is 1. The van der Waals surface area contributed by atoms with E-state index >= 15 is 0 Å². The highest BCUT2D eigenvalue weighted by atomic mass is 35.5. The van der Waals surface area contributed by atoms with Crippen molar-refractivity contribution in [2.75, 3.05) is 18.4 Å². The molecule has 6 nitrogen and oxygen atoms in total. The molecule has 0 aliphatic carbocycles. The summed E-state index contributed by atoms with van der Waals surface area (Å²) in [6.07, 6.45) is -0.887. The molecule has 10 heteroatoms. The van der Waals surface area contributed by atoms with Crippen LogP contribution in [0.2, 0.25) is 5.02 Å². The third-order valence-electron chi connectivity index (χ3n) is 4.02. The highest BCUT2D eigenvalue weighted by Crippen LogP contribution is 2.36. The first kappa shape index (κ1) is 17.8. The third-order valence-corrected chi connectivity index (χ3v) is 4.26. The minimum absolute atomic E-state index is 0.0780. The summed E-state index contributed by atoms with van der Waals surface area (Å²) in [5.74, 6) is 0. The molecule has 0 unspecified atom stereocenters. The summed E-state index contributed by atoms with van der Waals surface area (Å²) in [4.78, 5) is 22.4. The Kier molecular flexibility index (Phi) is 4.81. The van der Waals surface area contributed by atoms with Gasteiger partial charge in [-0.2, -0.15) is 13.2 Å². The number of nitrogens with zero attached hydrogens (tertiary/aromatic N) is 1. The fraction of sp³-hybridized carbons (Fsp3) is 0.400. The van der Waals surface area contributed by atoms with Crippen LogP contribution < -0.4 is 10.8 Å². The van der Waals surface area contributed by atoms with Gasteiger partial charge >= 0.3 is 12.3 Å². The summed E-state index contributed by atoms with van der Waals surface area (Å²) in [6.45, 7) is 0.790. The molecule has 136 valence electrons. The van der Waals surface area contributed by atoms with Crippen molar-refractivity contribution in [2.24, 2.45) is 0 Å². The standard InChI is InChI=1S/C15H15ClF3N3O3/c16-10-1-2-12(11(9-10)15(17,18)19)21-13(23)24-22-7-4-14(5-8-22)3-6-20-25-14/h1-3,6,9,20H,4-5,7-8H2,(H,21,23). The molecule has 1 spiro atoms. The van der Waals surface area contributed by atoms with Crippen LogP contribution >= 0.6 is 11.6 Å². The predicted molar refractivity (Wildman–Crippen MR) is 83.5 cm³/mol. The van der Waals surface area contributed by atoms with Crippen molar-refractivity contribution in [1.29, 1.82) is 0 Å². The monoisotopic (exact) mass is 377 g/mol. The summed E-state index contributed by atoms with van der Waals surface area (Å²) in [5, 5.41) is 3.42. The van der Waals surface area contributed by atoms with Gasteiger partial charge < -0.3 is 4.84 Å². The molecule has 0 atom stereocenters. The number of anilines is 1. The van der Waals surface area contributed by atoms with Gasteiger partial charge in [0.2, 0.25) is 0 Å². The normalized spacial score (nSPS) is 19.7. The van der Waals surface area contributed by atoms with Crippen molar-refractivity contribution in [3.63, 3.8) is 0 Å². The van der Waals surface area contributed by atoms with Gasteiger partial charge in [0, 0.05) is 24.3 Å². The molecular formula is C15H15ClF3N3O3. The molecule has 1 aromatic rings. The van der Waals surface area contributed by atoms with E-state index < -0.39 is 29.1 Å². The van der Waals surface area contributed by atoms with E-state index in [1.54, 1.807) is 6.20 Å². The Morgan fingerprint density at radius 3 is 2.68 bits per heavy atom. The van der Waals surface area contributed by atoms with Crippen LogP contribution in [-0.2, 0) is 15.9 Å². The second kappa shape index (κ2) is 6.74. The number of carbonyl (C=O) groups is 1. The summed E-state index contributed by atoms with van der Waals surface area (Å²) < 4.78 is 39.1. The Labute approximate surface area is 146 Å². The van der Waals surface area contributed by atoms with Crippen molar-refractivity contribution in [1.82, 2.24) is 10.5 Å².